The molecule has 24 heavy (non-hydrogen) atoms. The van der Waals surface area contributed by atoms with Crippen molar-refractivity contribution < 1.29 is 14.4 Å². The van der Waals surface area contributed by atoms with Gasteiger partial charge < -0.3 is 0 Å². The first kappa shape index (κ1) is 16.5. The van der Waals surface area contributed by atoms with Crippen molar-refractivity contribution in [2.24, 2.45) is 23.7 Å². The highest BCUT2D eigenvalue weighted by Gasteiger charge is 2.66. The summed E-state index contributed by atoms with van der Waals surface area (Å²) in [5.74, 6) is -1.53. The molecule has 4 rings (SSSR count). The molecule has 1 aliphatic heterocycles. The Morgan fingerprint density at radius 1 is 1.04 bits per heavy atom. The number of benzene rings is 1. The molecule has 5 nitrogen and oxygen atoms in total. The molecule has 2 saturated carbocycles. The van der Waals surface area contributed by atoms with E-state index in [0.717, 1.165) is 11.4 Å². The third kappa shape index (κ3) is 2.28. The average molecular weight is 477 g/mol. The molecular formula is C16H13Br2ClN2O3. The van der Waals surface area contributed by atoms with Gasteiger partial charge in [0.2, 0.25) is 0 Å². The molecule has 3 fully saturated rings. The number of hydrogen-bond acceptors (Lipinski definition) is 3. The van der Waals surface area contributed by atoms with Crippen LogP contribution in [0.2, 0.25) is 5.02 Å². The van der Waals surface area contributed by atoms with Gasteiger partial charge in [-0.05, 0) is 42.5 Å². The fraction of sp³-hybridized carbons (Fsp3) is 0.438. The van der Waals surface area contributed by atoms with E-state index in [9.17, 15) is 14.4 Å². The van der Waals surface area contributed by atoms with Crippen molar-refractivity contribution in [1.29, 1.82) is 0 Å². The fourth-order valence-electron chi connectivity index (χ4n) is 4.23. The summed E-state index contributed by atoms with van der Waals surface area (Å²) >= 11 is 13.1. The lowest BCUT2D eigenvalue weighted by molar-refractivity contribution is -0.143. The lowest BCUT2D eigenvalue weighted by Gasteiger charge is -2.28. The Kier molecular flexibility index (Phi) is 4.01. The van der Waals surface area contributed by atoms with Crippen LogP contribution in [-0.4, -0.2) is 32.4 Å². The van der Waals surface area contributed by atoms with Gasteiger partial charge in [0.25, 0.3) is 17.7 Å². The minimum absolute atomic E-state index is 0.123. The lowest BCUT2D eigenvalue weighted by Crippen LogP contribution is -2.47. The Labute approximate surface area is 160 Å². The van der Waals surface area contributed by atoms with Crippen LogP contribution in [0, 0.1) is 23.7 Å². The number of alkyl halides is 2. The molecule has 0 radical (unpaired) electrons. The van der Waals surface area contributed by atoms with E-state index in [-0.39, 0.29) is 45.1 Å². The van der Waals surface area contributed by atoms with E-state index < -0.39 is 5.91 Å². The van der Waals surface area contributed by atoms with Crippen LogP contribution in [0.5, 0.6) is 0 Å². The van der Waals surface area contributed by atoms with Crippen LogP contribution in [0.4, 0.5) is 0 Å². The molecule has 1 aromatic carbocycles. The maximum Gasteiger partial charge on any atom is 0.270 e. The molecule has 0 aromatic heterocycles. The van der Waals surface area contributed by atoms with Crippen LogP contribution in [0.25, 0.3) is 0 Å². The summed E-state index contributed by atoms with van der Waals surface area (Å²) in [5.41, 5.74) is 2.81. The van der Waals surface area contributed by atoms with Gasteiger partial charge in [0.1, 0.15) is 0 Å². The zero-order chi connectivity index (χ0) is 17.2. The number of halogens is 3. The minimum atomic E-state index is -0.494. The monoisotopic (exact) mass is 474 g/mol. The number of nitrogens with one attached hydrogen (secondary N) is 1. The minimum Gasteiger partial charge on any atom is -0.272 e. The van der Waals surface area contributed by atoms with Crippen molar-refractivity contribution in [3.8, 4) is 0 Å². The summed E-state index contributed by atoms with van der Waals surface area (Å²) < 4.78 is 0. The molecule has 1 heterocycles. The van der Waals surface area contributed by atoms with Crippen LogP contribution in [-0.2, 0) is 9.59 Å². The Hall–Kier alpha value is -0.920. The van der Waals surface area contributed by atoms with E-state index >= 15 is 0 Å². The number of hydrogen-bond donors (Lipinski definition) is 1. The quantitative estimate of drug-likeness (QED) is 0.527. The number of rotatable bonds is 2. The summed E-state index contributed by atoms with van der Waals surface area (Å²) in [7, 11) is 0. The van der Waals surface area contributed by atoms with Crippen LogP contribution < -0.4 is 5.43 Å². The molecule has 2 aliphatic carbocycles. The maximum absolute atomic E-state index is 12.7. The summed E-state index contributed by atoms with van der Waals surface area (Å²) in [6.07, 6.45) is 0.859. The Bertz CT molecular complexity index is 709. The van der Waals surface area contributed by atoms with Crippen molar-refractivity contribution in [3.63, 3.8) is 0 Å². The molecule has 3 aliphatic rings. The third-order valence-corrected chi connectivity index (χ3v) is 8.77. The molecule has 0 spiro atoms. The first-order valence-electron chi connectivity index (χ1n) is 7.62. The number of carbonyl (C=O) groups excluding carboxylic acids is 3. The zero-order valence-electron chi connectivity index (χ0n) is 12.3. The van der Waals surface area contributed by atoms with Crippen LogP contribution in [0.1, 0.15) is 16.8 Å². The van der Waals surface area contributed by atoms with Gasteiger partial charge >= 0.3 is 0 Å². The summed E-state index contributed by atoms with van der Waals surface area (Å²) in [4.78, 5) is 38.0. The largest absolute Gasteiger partial charge is 0.272 e. The number of imide groups is 1. The van der Waals surface area contributed by atoms with Gasteiger partial charge in [-0.3, -0.25) is 19.8 Å². The second-order valence-corrected chi connectivity index (χ2v) is 9.01. The third-order valence-electron chi connectivity index (χ3n) is 5.31. The molecule has 1 N–H and O–H groups in total. The van der Waals surface area contributed by atoms with Crippen molar-refractivity contribution in [1.82, 2.24) is 10.4 Å². The van der Waals surface area contributed by atoms with Crippen molar-refractivity contribution in [2.75, 3.05) is 0 Å². The van der Waals surface area contributed by atoms with Gasteiger partial charge in [0, 0.05) is 20.2 Å². The second-order valence-electron chi connectivity index (χ2n) is 6.46. The molecule has 1 saturated heterocycles. The van der Waals surface area contributed by atoms with Crippen LogP contribution in [0.3, 0.4) is 0 Å². The molecule has 8 heteroatoms. The summed E-state index contributed by atoms with van der Waals surface area (Å²) in [5, 5.41) is 1.42. The Balaban J connectivity index is 1.55. The molecule has 3 amide bonds. The molecular weight excluding hydrogens is 463 g/mol. The number of hydrazine groups is 1. The maximum atomic E-state index is 12.7. The van der Waals surface area contributed by atoms with E-state index in [1.807, 2.05) is 0 Å². The van der Waals surface area contributed by atoms with E-state index in [1.165, 1.54) is 0 Å². The number of nitrogens with zero attached hydrogens (tertiary/aromatic N) is 1. The van der Waals surface area contributed by atoms with Gasteiger partial charge in [0.15, 0.2) is 0 Å². The van der Waals surface area contributed by atoms with E-state index in [1.54, 1.807) is 24.3 Å². The van der Waals surface area contributed by atoms with Gasteiger partial charge in [-0.2, -0.15) is 5.01 Å². The Morgan fingerprint density at radius 2 is 1.54 bits per heavy atom. The predicted octanol–water partition coefficient (Wildman–Crippen LogP) is 2.76. The SMILES string of the molecule is O=C(NN1C(=O)[C@H]2[C@@H]3C[C@@H]([C@@H](Br)[C@@H]3Br)[C@@H]2C1=O)c1ccc(Cl)cc1. The summed E-state index contributed by atoms with van der Waals surface area (Å²) in [6.45, 7) is 0. The number of amides is 3. The van der Waals surface area contributed by atoms with Crippen molar-refractivity contribution >= 4 is 61.2 Å². The van der Waals surface area contributed by atoms with Crippen molar-refractivity contribution in [2.45, 2.75) is 16.1 Å². The van der Waals surface area contributed by atoms with Gasteiger partial charge in [-0.15, -0.1) is 0 Å². The second kappa shape index (κ2) is 5.81. The molecule has 126 valence electrons. The fourth-order valence-corrected chi connectivity index (χ4v) is 6.23. The average Bonchev–Trinajstić information content (AvgIpc) is 3.16. The highest BCUT2D eigenvalue weighted by molar-refractivity contribution is 9.12. The van der Waals surface area contributed by atoms with Gasteiger partial charge in [-0.25, -0.2) is 0 Å². The molecule has 0 unspecified atom stereocenters. The van der Waals surface area contributed by atoms with Gasteiger partial charge in [-0.1, -0.05) is 43.5 Å². The number of carbonyl (C=O) groups is 3. The van der Waals surface area contributed by atoms with Crippen molar-refractivity contribution in [3.05, 3.63) is 34.9 Å². The van der Waals surface area contributed by atoms with E-state index in [0.29, 0.717) is 10.6 Å². The standard InChI is InChI=1S/C16H13Br2ClN2O3/c17-12-8-5-9(13(12)18)11-10(8)15(23)21(16(11)24)20-14(22)6-1-3-7(19)4-2-6/h1-4,8-13H,5H2,(H,20,22)/t8-,9+,10-,11-,12+,13+/m0/s1. The van der Waals surface area contributed by atoms with E-state index in [4.69, 9.17) is 11.6 Å². The highest BCUT2D eigenvalue weighted by atomic mass is 79.9. The topological polar surface area (TPSA) is 66.5 Å². The first-order chi connectivity index (χ1) is 11.4. The predicted molar refractivity (Wildman–Crippen MR) is 94.8 cm³/mol. The first-order valence-corrected chi connectivity index (χ1v) is 9.83. The summed E-state index contributed by atoms with van der Waals surface area (Å²) in [6, 6.07) is 6.28. The Morgan fingerprint density at radius 3 is 2.04 bits per heavy atom. The van der Waals surface area contributed by atoms with E-state index in [2.05, 4.69) is 37.3 Å². The smallest absolute Gasteiger partial charge is 0.270 e. The zero-order valence-corrected chi connectivity index (χ0v) is 16.2. The van der Waals surface area contributed by atoms with Gasteiger partial charge in [0.05, 0.1) is 11.8 Å². The van der Waals surface area contributed by atoms with Crippen LogP contribution in [0.15, 0.2) is 24.3 Å². The molecule has 2 bridgehead atoms. The molecule has 1 aromatic rings. The lowest BCUT2D eigenvalue weighted by atomic mass is 9.81. The molecule has 6 atom stereocenters. The number of fused-ring (bicyclic) bond motifs is 5. The normalized spacial score (nSPS) is 37.0. The highest BCUT2D eigenvalue weighted by Crippen LogP contribution is 2.59. The van der Waals surface area contributed by atoms with Crippen LogP contribution >= 0.6 is 43.5 Å².